The molecule has 1 heterocycles. The van der Waals surface area contributed by atoms with Gasteiger partial charge in [0.1, 0.15) is 11.4 Å². The fraction of sp³-hybridized carbons (Fsp3) is 0.375. The lowest BCUT2D eigenvalue weighted by Gasteiger charge is -2.09. The van der Waals surface area contributed by atoms with Gasteiger partial charge in [-0.1, -0.05) is 0 Å². The molecule has 0 saturated heterocycles. The van der Waals surface area contributed by atoms with Crippen LogP contribution in [0.3, 0.4) is 0 Å². The van der Waals surface area contributed by atoms with Crippen molar-refractivity contribution in [3.8, 4) is 5.75 Å². The van der Waals surface area contributed by atoms with Crippen LogP contribution < -0.4 is 10.5 Å². The van der Waals surface area contributed by atoms with Crippen molar-refractivity contribution in [2.75, 3.05) is 12.8 Å². The van der Waals surface area contributed by atoms with Crippen molar-refractivity contribution in [1.29, 1.82) is 0 Å². The van der Waals surface area contributed by atoms with Gasteiger partial charge in [0.05, 0.1) is 24.4 Å². The quantitative estimate of drug-likeness (QED) is 0.799. The van der Waals surface area contributed by atoms with Crippen molar-refractivity contribution in [3.05, 3.63) is 17.5 Å². The average molecular weight is 223 g/mol. The molecule has 14 heavy (non-hydrogen) atoms. The van der Waals surface area contributed by atoms with Crippen LogP contribution in [0, 0.1) is 0 Å². The number of ether oxygens (including phenoxy) is 1. The van der Waals surface area contributed by atoms with Gasteiger partial charge in [0.25, 0.3) is 6.43 Å². The molecular weight excluding hydrogens is 214 g/mol. The Hall–Kier alpha value is -1.10. The number of pyridine rings is 1. The normalized spacial score (nSPS) is 10.6. The minimum Gasteiger partial charge on any atom is -0.495 e. The molecule has 0 bridgehead atoms. The number of halogens is 3. The van der Waals surface area contributed by atoms with E-state index in [0.717, 1.165) is 0 Å². The van der Waals surface area contributed by atoms with Gasteiger partial charge in [-0.25, -0.2) is 13.8 Å². The van der Waals surface area contributed by atoms with Gasteiger partial charge < -0.3 is 10.5 Å². The summed E-state index contributed by atoms with van der Waals surface area (Å²) in [5, 5.41) is 0. The van der Waals surface area contributed by atoms with Crippen molar-refractivity contribution in [2.45, 2.75) is 12.3 Å². The second-order valence-electron chi connectivity index (χ2n) is 2.55. The van der Waals surface area contributed by atoms with E-state index >= 15 is 0 Å². The van der Waals surface area contributed by atoms with Crippen molar-refractivity contribution >= 4 is 17.3 Å². The van der Waals surface area contributed by atoms with Gasteiger partial charge in [0.2, 0.25) is 0 Å². The zero-order valence-electron chi connectivity index (χ0n) is 7.43. The van der Waals surface area contributed by atoms with E-state index < -0.39 is 12.1 Å². The van der Waals surface area contributed by atoms with E-state index in [2.05, 4.69) is 4.98 Å². The Bertz CT molecular complexity index is 333. The molecule has 0 aliphatic heterocycles. The van der Waals surface area contributed by atoms with E-state index in [-0.39, 0.29) is 17.3 Å². The molecule has 0 unspecified atom stereocenters. The molecule has 3 nitrogen and oxygen atoms in total. The smallest absolute Gasteiger partial charge is 0.282 e. The van der Waals surface area contributed by atoms with E-state index in [9.17, 15) is 8.78 Å². The van der Waals surface area contributed by atoms with E-state index in [1.54, 1.807) is 0 Å². The van der Waals surface area contributed by atoms with Gasteiger partial charge in [-0.15, -0.1) is 11.6 Å². The molecule has 0 atom stereocenters. The van der Waals surface area contributed by atoms with Gasteiger partial charge in [-0.05, 0) is 0 Å². The number of nitrogens with two attached hydrogens (primary N) is 1. The number of nitrogen functional groups attached to an aromatic ring is 1. The fourth-order valence-electron chi connectivity index (χ4n) is 1.01. The lowest BCUT2D eigenvalue weighted by molar-refractivity contribution is 0.146. The molecule has 78 valence electrons. The van der Waals surface area contributed by atoms with E-state index in [1.165, 1.54) is 13.2 Å². The summed E-state index contributed by atoms with van der Waals surface area (Å²) in [6.07, 6.45) is -2.71. The Labute approximate surface area is 84.8 Å². The summed E-state index contributed by atoms with van der Waals surface area (Å²) in [5.74, 6) is 0.324. The summed E-state index contributed by atoms with van der Waals surface area (Å²) in [4.78, 5) is 3.63. The highest BCUT2D eigenvalue weighted by Gasteiger charge is 2.16. The van der Waals surface area contributed by atoms with Crippen LogP contribution in [0.4, 0.5) is 14.5 Å². The summed E-state index contributed by atoms with van der Waals surface area (Å²) in [7, 11) is 1.40. The highest BCUT2D eigenvalue weighted by atomic mass is 35.5. The summed E-state index contributed by atoms with van der Waals surface area (Å²) < 4.78 is 29.6. The second-order valence-corrected chi connectivity index (χ2v) is 2.81. The van der Waals surface area contributed by atoms with E-state index in [1.807, 2.05) is 0 Å². The maximum Gasteiger partial charge on any atom is 0.282 e. The maximum atomic E-state index is 12.4. The molecule has 0 fully saturated rings. The number of methoxy groups -OCH3 is 1. The van der Waals surface area contributed by atoms with Crippen LogP contribution in [-0.4, -0.2) is 12.1 Å². The van der Waals surface area contributed by atoms with Crippen LogP contribution in [0.15, 0.2) is 6.07 Å². The number of anilines is 1. The van der Waals surface area contributed by atoms with E-state index in [4.69, 9.17) is 22.1 Å². The third-order valence-electron chi connectivity index (χ3n) is 1.68. The average Bonchev–Trinajstić information content (AvgIpc) is 2.16. The first-order chi connectivity index (χ1) is 6.60. The lowest BCUT2D eigenvalue weighted by Crippen LogP contribution is -2.03. The minimum atomic E-state index is -2.71. The van der Waals surface area contributed by atoms with Crippen LogP contribution >= 0.6 is 11.6 Å². The van der Waals surface area contributed by atoms with Crippen LogP contribution in [0.25, 0.3) is 0 Å². The Balaban J connectivity index is 3.23. The highest BCUT2D eigenvalue weighted by Crippen LogP contribution is 2.29. The highest BCUT2D eigenvalue weighted by molar-refractivity contribution is 6.17. The molecule has 0 amide bonds. The van der Waals surface area contributed by atoms with Gasteiger partial charge in [0.15, 0.2) is 0 Å². The first kappa shape index (κ1) is 11.0. The zero-order chi connectivity index (χ0) is 10.7. The predicted octanol–water partition coefficient (Wildman–Crippen LogP) is 2.35. The fourth-order valence-corrected chi connectivity index (χ4v) is 1.20. The number of aromatic nitrogens is 1. The molecule has 1 rings (SSSR count). The summed E-state index contributed by atoms with van der Waals surface area (Å²) >= 11 is 5.51. The Morgan fingerprint density at radius 2 is 2.29 bits per heavy atom. The molecule has 0 radical (unpaired) electrons. The number of hydrogen-bond donors (Lipinski definition) is 1. The molecule has 0 aliphatic carbocycles. The molecule has 2 N–H and O–H groups in total. The molecule has 0 aromatic carbocycles. The maximum absolute atomic E-state index is 12.4. The summed E-state index contributed by atoms with van der Waals surface area (Å²) in [6.45, 7) is 0. The Morgan fingerprint density at radius 1 is 1.64 bits per heavy atom. The topological polar surface area (TPSA) is 48.1 Å². The lowest BCUT2D eigenvalue weighted by atomic mass is 10.2. The number of rotatable bonds is 3. The van der Waals surface area contributed by atoms with Crippen LogP contribution in [-0.2, 0) is 5.88 Å². The molecule has 1 aromatic heterocycles. The Morgan fingerprint density at radius 3 is 2.71 bits per heavy atom. The Kier molecular flexibility index (Phi) is 3.46. The number of alkyl halides is 3. The molecule has 0 aliphatic rings. The third-order valence-corrected chi connectivity index (χ3v) is 1.93. The van der Waals surface area contributed by atoms with Crippen LogP contribution in [0.5, 0.6) is 5.75 Å². The first-order valence-electron chi connectivity index (χ1n) is 3.77. The number of nitrogens with zero attached hydrogens (tertiary/aromatic N) is 1. The number of hydrogen-bond acceptors (Lipinski definition) is 3. The third kappa shape index (κ3) is 2.04. The monoisotopic (exact) mass is 222 g/mol. The summed E-state index contributed by atoms with van der Waals surface area (Å²) in [6, 6.07) is 1.30. The molecule has 0 spiro atoms. The predicted molar refractivity (Wildman–Crippen MR) is 49.7 cm³/mol. The van der Waals surface area contributed by atoms with E-state index in [0.29, 0.717) is 5.75 Å². The van der Waals surface area contributed by atoms with Gasteiger partial charge in [-0.3, -0.25) is 0 Å². The van der Waals surface area contributed by atoms with Gasteiger partial charge >= 0.3 is 0 Å². The van der Waals surface area contributed by atoms with Crippen LogP contribution in [0.1, 0.15) is 17.8 Å². The standard InChI is InChI=1S/C8H9ClF2N2O/c1-14-6-2-4(12)7(8(10)11)13-5(6)3-9/h2,8H,3,12H2,1H3. The largest absolute Gasteiger partial charge is 0.495 e. The van der Waals surface area contributed by atoms with Crippen molar-refractivity contribution in [1.82, 2.24) is 4.98 Å². The SMILES string of the molecule is COc1cc(N)c(C(F)F)nc1CCl. The van der Waals surface area contributed by atoms with Crippen LogP contribution in [0.2, 0.25) is 0 Å². The molecular formula is C8H9ClF2N2O. The van der Waals surface area contributed by atoms with Gasteiger partial charge in [0, 0.05) is 6.07 Å². The van der Waals surface area contributed by atoms with Crippen molar-refractivity contribution in [2.24, 2.45) is 0 Å². The minimum absolute atomic E-state index is 0.00315. The second kappa shape index (κ2) is 4.41. The summed E-state index contributed by atoms with van der Waals surface area (Å²) in [5.41, 5.74) is 5.07. The van der Waals surface area contributed by atoms with Crippen molar-refractivity contribution < 1.29 is 13.5 Å². The van der Waals surface area contributed by atoms with Crippen molar-refractivity contribution in [3.63, 3.8) is 0 Å². The molecule has 0 saturated carbocycles. The first-order valence-corrected chi connectivity index (χ1v) is 4.31. The zero-order valence-corrected chi connectivity index (χ0v) is 8.18. The molecule has 1 aromatic rings. The van der Waals surface area contributed by atoms with Gasteiger partial charge in [-0.2, -0.15) is 0 Å². The molecule has 6 heteroatoms.